The summed E-state index contributed by atoms with van der Waals surface area (Å²) < 4.78 is 9.73. The highest BCUT2D eigenvalue weighted by Crippen LogP contribution is 2.40. The van der Waals surface area contributed by atoms with Gasteiger partial charge < -0.3 is 19.9 Å². The molecule has 0 aliphatic carbocycles. The minimum atomic E-state index is -1.18. The average Bonchev–Trinajstić information content (AvgIpc) is 2.50. The first-order valence-corrected chi connectivity index (χ1v) is 7.49. The van der Waals surface area contributed by atoms with E-state index in [4.69, 9.17) is 9.47 Å². The van der Waals surface area contributed by atoms with E-state index in [2.05, 4.69) is 11.9 Å². The SMILES string of the molecule is C=CCOC(=O)NC1C(=O)N2C(C(=O)O)=C(COC)CS[C@@H]12. The number of hydrogen-bond donors (Lipinski definition) is 2. The third-order valence-corrected chi connectivity index (χ3v) is 4.51. The van der Waals surface area contributed by atoms with Crippen LogP contribution in [0.2, 0.25) is 0 Å². The third-order valence-electron chi connectivity index (χ3n) is 3.17. The topological polar surface area (TPSA) is 105 Å². The molecule has 2 heterocycles. The molecule has 0 spiro atoms. The van der Waals surface area contributed by atoms with Crippen LogP contribution in [0, 0.1) is 0 Å². The van der Waals surface area contributed by atoms with Crippen molar-refractivity contribution in [2.24, 2.45) is 0 Å². The van der Waals surface area contributed by atoms with Crippen molar-refractivity contribution >= 4 is 29.7 Å². The number of carboxylic acid groups (broad SMARTS) is 1. The quantitative estimate of drug-likeness (QED) is 0.529. The van der Waals surface area contributed by atoms with Gasteiger partial charge in [0, 0.05) is 12.9 Å². The minimum absolute atomic E-state index is 0.0343. The molecule has 2 rings (SSSR count). The Kier molecular flexibility index (Phi) is 5.09. The van der Waals surface area contributed by atoms with Gasteiger partial charge in [0.05, 0.1) is 6.61 Å². The average molecular weight is 328 g/mol. The summed E-state index contributed by atoms with van der Waals surface area (Å²) in [6.07, 6.45) is 0.675. The fraction of sp³-hybridized carbons (Fsp3) is 0.462. The van der Waals surface area contributed by atoms with E-state index in [9.17, 15) is 19.5 Å². The lowest BCUT2D eigenvalue weighted by Gasteiger charge is -2.49. The molecule has 2 N–H and O–H groups in total. The van der Waals surface area contributed by atoms with E-state index in [0.29, 0.717) is 11.3 Å². The maximum atomic E-state index is 12.2. The van der Waals surface area contributed by atoms with Gasteiger partial charge in [-0.05, 0) is 5.57 Å². The number of carboxylic acids is 1. The summed E-state index contributed by atoms with van der Waals surface area (Å²) >= 11 is 1.37. The minimum Gasteiger partial charge on any atom is -0.477 e. The summed E-state index contributed by atoms with van der Waals surface area (Å²) in [6.45, 7) is 3.59. The first-order chi connectivity index (χ1) is 10.5. The van der Waals surface area contributed by atoms with E-state index in [0.717, 1.165) is 0 Å². The number of ether oxygens (including phenoxy) is 2. The molecule has 0 aromatic carbocycles. The monoisotopic (exact) mass is 328 g/mol. The van der Waals surface area contributed by atoms with Crippen LogP contribution < -0.4 is 5.32 Å². The van der Waals surface area contributed by atoms with Gasteiger partial charge in [-0.3, -0.25) is 9.69 Å². The van der Waals surface area contributed by atoms with Crippen molar-refractivity contribution in [2.45, 2.75) is 11.4 Å². The number of carbonyl (C=O) groups is 3. The zero-order valence-electron chi connectivity index (χ0n) is 11.9. The van der Waals surface area contributed by atoms with Crippen molar-refractivity contribution < 1.29 is 29.0 Å². The zero-order chi connectivity index (χ0) is 16.3. The summed E-state index contributed by atoms with van der Waals surface area (Å²) in [5.41, 5.74) is 0.477. The van der Waals surface area contributed by atoms with Crippen molar-refractivity contribution in [3.8, 4) is 0 Å². The number of thioether (sulfide) groups is 1. The lowest BCUT2D eigenvalue weighted by atomic mass is 10.0. The first kappa shape index (κ1) is 16.4. The van der Waals surface area contributed by atoms with Crippen LogP contribution in [0.15, 0.2) is 23.9 Å². The van der Waals surface area contributed by atoms with E-state index < -0.39 is 29.4 Å². The number of hydrogen-bond acceptors (Lipinski definition) is 6. The number of fused-ring (bicyclic) bond motifs is 1. The number of aliphatic carboxylic acids is 1. The van der Waals surface area contributed by atoms with E-state index >= 15 is 0 Å². The summed E-state index contributed by atoms with van der Waals surface area (Å²) in [4.78, 5) is 36.2. The second kappa shape index (κ2) is 6.84. The van der Waals surface area contributed by atoms with Crippen molar-refractivity contribution in [3.05, 3.63) is 23.9 Å². The fourth-order valence-corrected chi connectivity index (χ4v) is 3.60. The van der Waals surface area contributed by atoms with Gasteiger partial charge in [0.25, 0.3) is 5.91 Å². The Morgan fingerprint density at radius 2 is 2.32 bits per heavy atom. The van der Waals surface area contributed by atoms with Crippen molar-refractivity contribution in [2.75, 3.05) is 26.1 Å². The van der Waals surface area contributed by atoms with Crippen molar-refractivity contribution in [1.82, 2.24) is 10.2 Å². The molecule has 2 aliphatic rings. The molecule has 0 bridgehead atoms. The highest BCUT2D eigenvalue weighted by Gasteiger charge is 2.54. The molecule has 120 valence electrons. The Bertz CT molecular complexity index is 547. The molecule has 0 aromatic heterocycles. The molecule has 2 aliphatic heterocycles. The fourth-order valence-electron chi connectivity index (χ4n) is 2.27. The number of nitrogens with zero attached hydrogens (tertiary/aromatic N) is 1. The molecule has 1 saturated heterocycles. The predicted octanol–water partition coefficient (Wildman–Crippen LogP) is 0.167. The van der Waals surface area contributed by atoms with Crippen LogP contribution in [0.25, 0.3) is 0 Å². The van der Waals surface area contributed by atoms with Gasteiger partial charge in [0.1, 0.15) is 23.7 Å². The number of rotatable bonds is 6. The normalized spacial score (nSPS) is 23.5. The van der Waals surface area contributed by atoms with Gasteiger partial charge >= 0.3 is 12.1 Å². The van der Waals surface area contributed by atoms with E-state index in [1.165, 1.54) is 29.8 Å². The van der Waals surface area contributed by atoms with Gasteiger partial charge in [-0.15, -0.1) is 11.8 Å². The van der Waals surface area contributed by atoms with Gasteiger partial charge in [-0.2, -0.15) is 0 Å². The van der Waals surface area contributed by atoms with Crippen LogP contribution >= 0.6 is 11.8 Å². The molecule has 2 atom stereocenters. The number of carbonyl (C=O) groups excluding carboxylic acids is 2. The van der Waals surface area contributed by atoms with Crippen molar-refractivity contribution in [3.63, 3.8) is 0 Å². The lowest BCUT2D eigenvalue weighted by molar-refractivity contribution is -0.149. The molecular formula is C13H16N2O6S. The molecule has 1 fully saturated rings. The van der Waals surface area contributed by atoms with E-state index in [1.807, 2.05) is 0 Å². The Hall–Kier alpha value is -2.00. The molecular weight excluding hydrogens is 312 g/mol. The Labute approximate surface area is 131 Å². The van der Waals surface area contributed by atoms with Crippen LogP contribution in [0.3, 0.4) is 0 Å². The molecule has 9 heteroatoms. The molecule has 0 radical (unpaired) electrons. The van der Waals surface area contributed by atoms with Crippen LogP contribution in [-0.4, -0.2) is 65.5 Å². The largest absolute Gasteiger partial charge is 0.477 e. The van der Waals surface area contributed by atoms with Gasteiger partial charge in [0.2, 0.25) is 0 Å². The number of methoxy groups -OCH3 is 1. The van der Waals surface area contributed by atoms with E-state index in [-0.39, 0.29) is 18.9 Å². The summed E-state index contributed by atoms with van der Waals surface area (Å²) in [5.74, 6) is -1.23. The van der Waals surface area contributed by atoms with Gasteiger partial charge in [0.15, 0.2) is 0 Å². The summed E-state index contributed by atoms with van der Waals surface area (Å²) in [6, 6.07) is -0.791. The zero-order valence-corrected chi connectivity index (χ0v) is 12.7. The first-order valence-electron chi connectivity index (χ1n) is 6.44. The van der Waals surface area contributed by atoms with Crippen molar-refractivity contribution in [1.29, 1.82) is 0 Å². The highest BCUT2D eigenvalue weighted by molar-refractivity contribution is 8.00. The Morgan fingerprint density at radius 3 is 2.91 bits per heavy atom. The third kappa shape index (κ3) is 2.95. The predicted molar refractivity (Wildman–Crippen MR) is 78.1 cm³/mol. The van der Waals surface area contributed by atoms with Gasteiger partial charge in [-0.25, -0.2) is 9.59 Å². The smallest absolute Gasteiger partial charge is 0.408 e. The van der Waals surface area contributed by atoms with Gasteiger partial charge in [-0.1, -0.05) is 12.7 Å². The maximum absolute atomic E-state index is 12.2. The molecule has 8 nitrogen and oxygen atoms in total. The lowest BCUT2D eigenvalue weighted by Crippen LogP contribution is -2.70. The highest BCUT2D eigenvalue weighted by atomic mass is 32.2. The molecule has 22 heavy (non-hydrogen) atoms. The van der Waals surface area contributed by atoms with Crippen LogP contribution in [-0.2, 0) is 19.1 Å². The number of nitrogens with one attached hydrogen (secondary N) is 1. The van der Waals surface area contributed by atoms with Crippen LogP contribution in [0.4, 0.5) is 4.79 Å². The standard InChI is InChI=1S/C13H16N2O6S/c1-3-4-21-13(19)14-8-10(16)15-9(12(17)18)7(5-20-2)6-22-11(8)15/h3,8,11H,1,4-6H2,2H3,(H,14,19)(H,17,18)/t8?,11-/m0/s1. The molecule has 0 aromatic rings. The second-order valence-corrected chi connectivity index (χ2v) is 5.71. The Morgan fingerprint density at radius 1 is 1.59 bits per heavy atom. The van der Waals surface area contributed by atoms with Crippen LogP contribution in [0.5, 0.6) is 0 Å². The second-order valence-electron chi connectivity index (χ2n) is 4.61. The summed E-state index contributed by atoms with van der Waals surface area (Å²) in [7, 11) is 1.46. The molecule has 2 amide bonds. The Balaban J connectivity index is 2.10. The van der Waals surface area contributed by atoms with E-state index in [1.54, 1.807) is 0 Å². The number of amides is 2. The number of alkyl carbamates (subject to hydrolysis) is 1. The molecule has 1 unspecified atom stereocenters. The summed E-state index contributed by atoms with van der Waals surface area (Å²) in [5, 5.41) is 11.3. The molecule has 0 saturated carbocycles. The number of β-lactam (4-membered cyclic amide) rings is 1. The maximum Gasteiger partial charge on any atom is 0.408 e. The van der Waals surface area contributed by atoms with Crippen LogP contribution in [0.1, 0.15) is 0 Å².